The molecule has 0 aliphatic rings. The first-order valence-electron chi connectivity index (χ1n) is 4.09. The lowest BCUT2D eigenvalue weighted by Gasteiger charge is -2.13. The number of rotatable bonds is 5. The molecule has 14 heavy (non-hydrogen) atoms. The molecule has 1 aromatic rings. The third-order valence-electron chi connectivity index (χ3n) is 1.52. The lowest BCUT2D eigenvalue weighted by Crippen LogP contribution is -2.35. The van der Waals surface area contributed by atoms with Gasteiger partial charge in [-0.05, 0) is 6.07 Å². The van der Waals surface area contributed by atoms with Crippen LogP contribution in [0.1, 0.15) is 5.82 Å². The van der Waals surface area contributed by atoms with Crippen LogP contribution in [-0.4, -0.2) is 34.1 Å². The number of nitrogens with zero attached hydrogens (tertiary/aromatic N) is 2. The second-order valence-corrected chi connectivity index (χ2v) is 2.78. The van der Waals surface area contributed by atoms with Crippen LogP contribution in [0.25, 0.3) is 0 Å². The van der Waals surface area contributed by atoms with Crippen LogP contribution < -0.4 is 5.32 Å². The predicted molar refractivity (Wildman–Crippen MR) is 45.8 cm³/mol. The highest BCUT2D eigenvalue weighted by Crippen LogP contribution is 2.09. The van der Waals surface area contributed by atoms with E-state index in [1.165, 1.54) is 12.4 Å². The number of aliphatic hydroxyl groups excluding tert-OH is 1. The highest BCUT2D eigenvalue weighted by Gasteiger charge is 2.26. The van der Waals surface area contributed by atoms with Gasteiger partial charge < -0.3 is 10.4 Å². The van der Waals surface area contributed by atoms with Gasteiger partial charge in [0.2, 0.25) is 0 Å². The Labute approximate surface area is 80.0 Å². The van der Waals surface area contributed by atoms with Crippen LogP contribution in [0.4, 0.5) is 8.78 Å². The van der Waals surface area contributed by atoms with E-state index in [2.05, 4.69) is 15.3 Å². The van der Waals surface area contributed by atoms with Crippen molar-refractivity contribution in [1.82, 2.24) is 15.3 Å². The maximum atomic E-state index is 12.5. The summed E-state index contributed by atoms with van der Waals surface area (Å²) in [5.41, 5.74) is 0. The molecule has 0 bridgehead atoms. The Morgan fingerprint density at radius 2 is 2.00 bits per heavy atom. The van der Waals surface area contributed by atoms with Crippen molar-refractivity contribution in [2.24, 2.45) is 0 Å². The number of hydrogen-bond acceptors (Lipinski definition) is 4. The molecule has 0 atom stereocenters. The molecule has 1 rings (SSSR count). The van der Waals surface area contributed by atoms with E-state index in [9.17, 15) is 8.78 Å². The molecule has 1 heterocycles. The van der Waals surface area contributed by atoms with E-state index >= 15 is 0 Å². The summed E-state index contributed by atoms with van der Waals surface area (Å²) in [4.78, 5) is 7.69. The molecule has 0 fully saturated rings. The molecule has 0 saturated carbocycles. The summed E-state index contributed by atoms with van der Waals surface area (Å²) in [5, 5.41) is 10.7. The van der Waals surface area contributed by atoms with Crippen molar-refractivity contribution < 1.29 is 13.9 Å². The molecule has 0 unspecified atom stereocenters. The van der Waals surface area contributed by atoms with Gasteiger partial charge in [-0.2, -0.15) is 0 Å². The number of alkyl halides is 2. The van der Waals surface area contributed by atoms with Gasteiger partial charge in [-0.15, -0.1) is 0 Å². The summed E-state index contributed by atoms with van der Waals surface area (Å²) < 4.78 is 25.0. The standard InChI is InChI=1S/C8H11F2N3O/c9-8(10,6-14)5-11-4-7-12-2-1-3-13-7/h1-3,11,14H,4-6H2. The molecule has 0 aromatic carbocycles. The highest BCUT2D eigenvalue weighted by atomic mass is 19.3. The van der Waals surface area contributed by atoms with Gasteiger partial charge in [-0.1, -0.05) is 0 Å². The molecule has 0 aliphatic carbocycles. The van der Waals surface area contributed by atoms with Gasteiger partial charge in [0.15, 0.2) is 0 Å². The molecule has 0 saturated heterocycles. The zero-order valence-electron chi connectivity index (χ0n) is 7.45. The average Bonchev–Trinajstić information content (AvgIpc) is 2.19. The number of aliphatic hydroxyl groups is 1. The largest absolute Gasteiger partial charge is 0.390 e. The zero-order chi connectivity index (χ0) is 10.4. The minimum absolute atomic E-state index is 0.163. The molecule has 0 radical (unpaired) electrons. The number of aromatic nitrogens is 2. The van der Waals surface area contributed by atoms with Gasteiger partial charge in [0.1, 0.15) is 12.4 Å². The van der Waals surface area contributed by atoms with E-state index in [1.54, 1.807) is 6.07 Å². The Bertz CT molecular complexity index is 269. The smallest absolute Gasteiger partial charge is 0.282 e. The SMILES string of the molecule is OCC(F)(F)CNCc1ncccn1. The highest BCUT2D eigenvalue weighted by molar-refractivity contribution is 4.88. The van der Waals surface area contributed by atoms with Crippen LogP contribution in [0.15, 0.2) is 18.5 Å². The molecule has 0 spiro atoms. The fourth-order valence-electron chi connectivity index (χ4n) is 0.834. The first kappa shape index (κ1) is 10.9. The summed E-state index contributed by atoms with van der Waals surface area (Å²) in [5.74, 6) is -2.64. The van der Waals surface area contributed by atoms with Gasteiger partial charge in [0.25, 0.3) is 5.92 Å². The molecular weight excluding hydrogens is 192 g/mol. The van der Waals surface area contributed by atoms with Crippen molar-refractivity contribution >= 4 is 0 Å². The summed E-state index contributed by atoms with van der Waals surface area (Å²) in [6.07, 6.45) is 3.07. The van der Waals surface area contributed by atoms with E-state index in [-0.39, 0.29) is 6.54 Å². The fraction of sp³-hybridized carbons (Fsp3) is 0.500. The second-order valence-electron chi connectivity index (χ2n) is 2.78. The topological polar surface area (TPSA) is 58.0 Å². The molecule has 2 N–H and O–H groups in total. The Hall–Kier alpha value is -1.14. The fourth-order valence-corrected chi connectivity index (χ4v) is 0.834. The Kier molecular flexibility index (Phi) is 3.84. The summed E-state index contributed by atoms with van der Waals surface area (Å²) in [7, 11) is 0. The van der Waals surface area contributed by atoms with E-state index in [1.807, 2.05) is 0 Å². The molecule has 0 amide bonds. The number of nitrogens with one attached hydrogen (secondary N) is 1. The van der Waals surface area contributed by atoms with Crippen molar-refractivity contribution in [3.8, 4) is 0 Å². The van der Waals surface area contributed by atoms with Gasteiger partial charge in [0.05, 0.1) is 13.1 Å². The molecule has 0 aliphatic heterocycles. The van der Waals surface area contributed by atoms with Gasteiger partial charge in [-0.3, -0.25) is 0 Å². The summed E-state index contributed by atoms with van der Waals surface area (Å²) >= 11 is 0. The van der Waals surface area contributed by atoms with E-state index in [0.29, 0.717) is 5.82 Å². The van der Waals surface area contributed by atoms with Crippen LogP contribution in [0.2, 0.25) is 0 Å². The minimum Gasteiger partial charge on any atom is -0.390 e. The maximum absolute atomic E-state index is 12.5. The lowest BCUT2D eigenvalue weighted by atomic mass is 10.3. The molecule has 1 aromatic heterocycles. The van der Waals surface area contributed by atoms with E-state index < -0.39 is 19.1 Å². The minimum atomic E-state index is -3.09. The van der Waals surface area contributed by atoms with Crippen LogP contribution in [0, 0.1) is 0 Å². The maximum Gasteiger partial charge on any atom is 0.282 e. The lowest BCUT2D eigenvalue weighted by molar-refractivity contribution is -0.0478. The third-order valence-corrected chi connectivity index (χ3v) is 1.52. The van der Waals surface area contributed by atoms with Crippen LogP contribution >= 0.6 is 0 Å². The van der Waals surface area contributed by atoms with Crippen LogP contribution in [0.5, 0.6) is 0 Å². The van der Waals surface area contributed by atoms with Gasteiger partial charge in [0, 0.05) is 12.4 Å². The van der Waals surface area contributed by atoms with Gasteiger partial charge in [-0.25, -0.2) is 18.7 Å². The zero-order valence-corrected chi connectivity index (χ0v) is 7.45. The Morgan fingerprint density at radius 1 is 1.36 bits per heavy atom. The summed E-state index contributed by atoms with van der Waals surface area (Å²) in [6, 6.07) is 1.64. The van der Waals surface area contributed by atoms with Crippen LogP contribution in [-0.2, 0) is 6.54 Å². The normalized spacial score (nSPS) is 11.6. The number of halogens is 2. The monoisotopic (exact) mass is 203 g/mol. The molecule has 78 valence electrons. The Morgan fingerprint density at radius 3 is 2.57 bits per heavy atom. The molecule has 6 heteroatoms. The van der Waals surface area contributed by atoms with Crippen molar-refractivity contribution in [2.45, 2.75) is 12.5 Å². The van der Waals surface area contributed by atoms with Crippen molar-refractivity contribution in [2.75, 3.05) is 13.2 Å². The number of hydrogen-bond donors (Lipinski definition) is 2. The van der Waals surface area contributed by atoms with E-state index in [4.69, 9.17) is 5.11 Å². The predicted octanol–water partition coefficient (Wildman–Crippen LogP) is 0.194. The van der Waals surface area contributed by atoms with Crippen molar-refractivity contribution in [3.63, 3.8) is 0 Å². The van der Waals surface area contributed by atoms with E-state index in [0.717, 1.165) is 0 Å². The second kappa shape index (κ2) is 4.92. The van der Waals surface area contributed by atoms with Crippen LogP contribution in [0.3, 0.4) is 0 Å². The van der Waals surface area contributed by atoms with Crippen molar-refractivity contribution in [3.05, 3.63) is 24.3 Å². The molecule has 4 nitrogen and oxygen atoms in total. The quantitative estimate of drug-likeness (QED) is 0.717. The average molecular weight is 203 g/mol. The summed E-state index contributed by atoms with van der Waals surface area (Å²) in [6.45, 7) is -1.58. The van der Waals surface area contributed by atoms with Crippen molar-refractivity contribution in [1.29, 1.82) is 0 Å². The molecular formula is C8H11F2N3O. The third kappa shape index (κ3) is 3.71. The first-order valence-corrected chi connectivity index (χ1v) is 4.09. The first-order chi connectivity index (χ1) is 6.64. The Balaban J connectivity index is 2.29. The van der Waals surface area contributed by atoms with Gasteiger partial charge >= 0.3 is 0 Å².